The fourth-order valence-corrected chi connectivity index (χ4v) is 2.22. The molecule has 0 saturated carbocycles. The predicted molar refractivity (Wildman–Crippen MR) is 92.9 cm³/mol. The summed E-state index contributed by atoms with van der Waals surface area (Å²) in [7, 11) is 0. The van der Waals surface area contributed by atoms with Crippen molar-refractivity contribution in [3.63, 3.8) is 0 Å². The van der Waals surface area contributed by atoms with Gasteiger partial charge >= 0.3 is 0 Å². The highest BCUT2D eigenvalue weighted by Crippen LogP contribution is 2.21. The Morgan fingerprint density at radius 3 is 2.27 bits per heavy atom. The molecule has 0 saturated heterocycles. The molecule has 2 aromatic carbocycles. The third-order valence-corrected chi connectivity index (χ3v) is 3.78. The lowest BCUT2D eigenvalue weighted by Gasteiger charge is -2.16. The molecule has 0 aromatic heterocycles. The Morgan fingerprint density at radius 1 is 1.05 bits per heavy atom. The first-order valence-corrected chi connectivity index (χ1v) is 7.77. The van der Waals surface area contributed by atoms with Crippen LogP contribution < -0.4 is 10.1 Å². The number of carbonyl (C=O) groups is 1. The summed E-state index contributed by atoms with van der Waals surface area (Å²) in [6, 6.07) is 15.2. The number of ether oxygens (including phenoxy) is 1. The van der Waals surface area contributed by atoms with Gasteiger partial charge in [-0.05, 0) is 42.7 Å². The van der Waals surface area contributed by atoms with Crippen molar-refractivity contribution in [1.82, 2.24) is 0 Å². The summed E-state index contributed by atoms with van der Waals surface area (Å²) in [4.78, 5) is 12.9. The number of anilines is 1. The van der Waals surface area contributed by atoms with Gasteiger partial charge in [0.05, 0.1) is 5.69 Å². The topological polar surface area (TPSA) is 38.3 Å². The first-order valence-electron chi connectivity index (χ1n) is 7.33. The molecule has 1 amide bonds. The summed E-state index contributed by atoms with van der Waals surface area (Å²) in [6.45, 7) is 6.01. The number of para-hydroxylation sites is 1. The average Bonchev–Trinajstić information content (AvgIpc) is 2.50. The molecule has 1 atom stereocenters. The van der Waals surface area contributed by atoms with Crippen LogP contribution in [0.1, 0.15) is 32.3 Å². The minimum absolute atomic E-state index is 0.200. The maximum absolute atomic E-state index is 12.2. The van der Waals surface area contributed by atoms with Crippen LogP contribution in [-0.2, 0) is 4.79 Å². The maximum atomic E-state index is 12.2. The van der Waals surface area contributed by atoms with Gasteiger partial charge in [-0.2, -0.15) is 0 Å². The van der Waals surface area contributed by atoms with Crippen LogP contribution in [0.15, 0.2) is 53.4 Å². The zero-order valence-electron chi connectivity index (χ0n) is 13.0. The second kappa shape index (κ2) is 7.36. The van der Waals surface area contributed by atoms with Crippen molar-refractivity contribution < 1.29 is 9.53 Å². The van der Waals surface area contributed by atoms with Crippen molar-refractivity contribution in [3.8, 4) is 5.75 Å². The van der Waals surface area contributed by atoms with Crippen LogP contribution in [0.5, 0.6) is 5.75 Å². The smallest absolute Gasteiger partial charge is 0.265 e. The molecule has 2 aromatic rings. The molecule has 0 aliphatic rings. The molecule has 1 unspecified atom stereocenters. The van der Waals surface area contributed by atoms with Crippen LogP contribution in [-0.4, -0.2) is 12.0 Å². The molecule has 0 fully saturated rings. The van der Waals surface area contributed by atoms with Crippen LogP contribution in [0.2, 0.25) is 0 Å². The van der Waals surface area contributed by atoms with Gasteiger partial charge in [-0.3, -0.25) is 4.79 Å². The monoisotopic (exact) mass is 315 g/mol. The number of benzene rings is 2. The molecular weight excluding hydrogens is 294 g/mol. The average molecular weight is 315 g/mol. The molecule has 3 nitrogen and oxygen atoms in total. The van der Waals surface area contributed by atoms with E-state index in [9.17, 15) is 4.79 Å². The summed E-state index contributed by atoms with van der Waals surface area (Å²) in [6.07, 6.45) is -0.585. The molecule has 0 aliphatic carbocycles. The number of nitrogens with one attached hydrogen (secondary N) is 1. The van der Waals surface area contributed by atoms with E-state index in [1.165, 1.54) is 5.56 Å². The van der Waals surface area contributed by atoms with E-state index in [4.69, 9.17) is 4.74 Å². The number of thiol groups is 1. The quantitative estimate of drug-likeness (QED) is 0.797. The minimum atomic E-state index is -0.585. The Morgan fingerprint density at radius 2 is 1.68 bits per heavy atom. The molecule has 1 N–H and O–H groups in total. The zero-order chi connectivity index (χ0) is 16.1. The van der Waals surface area contributed by atoms with Gasteiger partial charge in [-0.1, -0.05) is 38.1 Å². The minimum Gasteiger partial charge on any atom is -0.481 e. The number of rotatable bonds is 5. The lowest BCUT2D eigenvalue weighted by atomic mass is 10.0. The van der Waals surface area contributed by atoms with E-state index in [2.05, 4.69) is 31.8 Å². The fourth-order valence-electron chi connectivity index (χ4n) is 2.00. The van der Waals surface area contributed by atoms with Crippen molar-refractivity contribution in [1.29, 1.82) is 0 Å². The van der Waals surface area contributed by atoms with Gasteiger partial charge in [0.25, 0.3) is 5.91 Å². The number of hydrogen-bond acceptors (Lipinski definition) is 3. The molecule has 0 spiro atoms. The summed E-state index contributed by atoms with van der Waals surface area (Å²) in [5.41, 5.74) is 1.93. The van der Waals surface area contributed by atoms with Crippen LogP contribution in [0.25, 0.3) is 0 Å². The van der Waals surface area contributed by atoms with E-state index in [-0.39, 0.29) is 5.91 Å². The zero-order valence-corrected chi connectivity index (χ0v) is 13.9. The Kier molecular flexibility index (Phi) is 5.50. The highest BCUT2D eigenvalue weighted by atomic mass is 32.1. The number of amides is 1. The van der Waals surface area contributed by atoms with E-state index in [0.29, 0.717) is 17.4 Å². The molecule has 0 heterocycles. The number of carbonyl (C=O) groups excluding carboxylic acids is 1. The van der Waals surface area contributed by atoms with E-state index in [1.807, 2.05) is 48.5 Å². The van der Waals surface area contributed by atoms with E-state index in [0.717, 1.165) is 4.90 Å². The molecular formula is C18H21NO2S. The van der Waals surface area contributed by atoms with Gasteiger partial charge in [0.2, 0.25) is 0 Å². The van der Waals surface area contributed by atoms with Gasteiger partial charge in [-0.15, -0.1) is 12.6 Å². The molecule has 4 heteroatoms. The Bertz CT molecular complexity index is 638. The standard InChI is InChI=1S/C18H21NO2S/c1-12(2)14-8-10-15(11-9-14)21-13(3)18(20)19-16-6-4-5-7-17(16)22/h4-13,22H,1-3H3,(H,19,20). The summed E-state index contributed by atoms with van der Waals surface area (Å²) in [5, 5.41) is 2.82. The number of hydrogen-bond donors (Lipinski definition) is 2. The van der Waals surface area contributed by atoms with Gasteiger partial charge in [0.15, 0.2) is 6.10 Å². The summed E-state index contributed by atoms with van der Waals surface area (Å²) >= 11 is 4.31. The van der Waals surface area contributed by atoms with Crippen molar-refractivity contribution in [2.24, 2.45) is 0 Å². The third-order valence-electron chi connectivity index (χ3n) is 3.39. The van der Waals surface area contributed by atoms with Gasteiger partial charge in [-0.25, -0.2) is 0 Å². The molecule has 0 bridgehead atoms. The highest BCUT2D eigenvalue weighted by molar-refractivity contribution is 7.80. The van der Waals surface area contributed by atoms with Crippen molar-refractivity contribution in [3.05, 3.63) is 54.1 Å². The molecule has 116 valence electrons. The Hall–Kier alpha value is -1.94. The Balaban J connectivity index is 1.98. The molecule has 2 rings (SSSR count). The lowest BCUT2D eigenvalue weighted by Crippen LogP contribution is -2.30. The summed E-state index contributed by atoms with van der Waals surface area (Å²) in [5.74, 6) is 0.960. The van der Waals surface area contributed by atoms with Gasteiger partial charge in [0.1, 0.15) is 5.75 Å². The van der Waals surface area contributed by atoms with Crippen LogP contribution >= 0.6 is 12.6 Å². The van der Waals surface area contributed by atoms with Crippen molar-refractivity contribution >= 4 is 24.2 Å². The van der Waals surface area contributed by atoms with E-state index in [1.54, 1.807) is 6.92 Å². The highest BCUT2D eigenvalue weighted by Gasteiger charge is 2.15. The van der Waals surface area contributed by atoms with Crippen molar-refractivity contribution in [2.45, 2.75) is 37.7 Å². The molecule has 22 heavy (non-hydrogen) atoms. The Labute approximate surface area is 137 Å². The van der Waals surface area contributed by atoms with Gasteiger partial charge in [0, 0.05) is 4.90 Å². The first kappa shape index (κ1) is 16.4. The normalized spacial score (nSPS) is 12.0. The lowest BCUT2D eigenvalue weighted by molar-refractivity contribution is -0.122. The molecule has 0 aliphatic heterocycles. The van der Waals surface area contributed by atoms with Crippen LogP contribution in [0, 0.1) is 0 Å². The van der Waals surface area contributed by atoms with Gasteiger partial charge < -0.3 is 10.1 Å². The van der Waals surface area contributed by atoms with Crippen molar-refractivity contribution in [2.75, 3.05) is 5.32 Å². The largest absolute Gasteiger partial charge is 0.481 e. The van der Waals surface area contributed by atoms with Crippen LogP contribution in [0.4, 0.5) is 5.69 Å². The van der Waals surface area contributed by atoms with Crippen LogP contribution in [0.3, 0.4) is 0 Å². The molecule has 0 radical (unpaired) electrons. The predicted octanol–water partition coefficient (Wildman–Crippen LogP) is 4.50. The van der Waals surface area contributed by atoms with E-state index >= 15 is 0 Å². The first-order chi connectivity index (χ1) is 10.5. The third kappa shape index (κ3) is 4.28. The maximum Gasteiger partial charge on any atom is 0.265 e. The fraction of sp³-hybridized carbons (Fsp3) is 0.278. The second-order valence-electron chi connectivity index (χ2n) is 5.49. The summed E-state index contributed by atoms with van der Waals surface area (Å²) < 4.78 is 5.69. The SMILES string of the molecule is CC(Oc1ccc(C(C)C)cc1)C(=O)Nc1ccccc1S. The second-order valence-corrected chi connectivity index (χ2v) is 5.97. The van der Waals surface area contributed by atoms with E-state index < -0.39 is 6.10 Å².